The van der Waals surface area contributed by atoms with Crippen LogP contribution in [0.5, 0.6) is 5.75 Å². The first-order chi connectivity index (χ1) is 8.65. The summed E-state index contributed by atoms with van der Waals surface area (Å²) in [6.07, 6.45) is -0.437. The van der Waals surface area contributed by atoms with Crippen molar-refractivity contribution in [2.45, 2.75) is 20.3 Å². The maximum absolute atomic E-state index is 12.2. The van der Waals surface area contributed by atoms with Crippen LogP contribution in [0, 0.1) is 15.5 Å². The summed E-state index contributed by atoms with van der Waals surface area (Å²) in [7, 11) is 0. The number of aromatic hydroxyl groups is 1. The molecule has 102 valence electrons. The molecule has 0 radical (unpaired) electrons. The van der Waals surface area contributed by atoms with Gasteiger partial charge < -0.3 is 10.2 Å². The number of carboxylic acid groups (broad SMARTS) is 1. The van der Waals surface area contributed by atoms with Gasteiger partial charge in [-0.3, -0.25) is 19.7 Å². The van der Waals surface area contributed by atoms with Gasteiger partial charge in [0.05, 0.1) is 16.9 Å². The molecule has 0 fully saturated rings. The van der Waals surface area contributed by atoms with Crippen LogP contribution in [-0.4, -0.2) is 26.9 Å². The SMILES string of the molecule is CC(C)(CC(=O)O)C(=O)c1cc([N+](=O)[O-])ccc1O. The number of phenols is 1. The molecular formula is C12H13NO6. The number of nitro groups is 1. The molecule has 0 aliphatic heterocycles. The minimum atomic E-state index is -1.27. The maximum atomic E-state index is 12.2. The van der Waals surface area contributed by atoms with Crippen molar-refractivity contribution >= 4 is 17.4 Å². The van der Waals surface area contributed by atoms with Crippen molar-refractivity contribution < 1.29 is 24.7 Å². The fourth-order valence-electron chi connectivity index (χ4n) is 1.64. The van der Waals surface area contributed by atoms with Crippen molar-refractivity contribution in [3.8, 4) is 5.75 Å². The summed E-state index contributed by atoms with van der Waals surface area (Å²) in [5.41, 5.74) is -1.86. The van der Waals surface area contributed by atoms with Crippen LogP contribution in [0.4, 0.5) is 5.69 Å². The number of ketones is 1. The summed E-state index contributed by atoms with van der Waals surface area (Å²) < 4.78 is 0. The van der Waals surface area contributed by atoms with Gasteiger partial charge in [0, 0.05) is 17.5 Å². The number of carboxylic acids is 1. The number of hydrogen-bond acceptors (Lipinski definition) is 5. The third kappa shape index (κ3) is 3.27. The Hall–Kier alpha value is -2.44. The Kier molecular flexibility index (Phi) is 3.89. The molecule has 0 aliphatic carbocycles. The largest absolute Gasteiger partial charge is 0.507 e. The second-order valence-corrected chi connectivity index (χ2v) is 4.74. The van der Waals surface area contributed by atoms with Crippen LogP contribution >= 0.6 is 0 Å². The van der Waals surface area contributed by atoms with Crippen LogP contribution in [0.1, 0.15) is 30.6 Å². The molecule has 7 heteroatoms. The van der Waals surface area contributed by atoms with Crippen LogP contribution in [0.25, 0.3) is 0 Å². The van der Waals surface area contributed by atoms with E-state index in [4.69, 9.17) is 5.11 Å². The van der Waals surface area contributed by atoms with Crippen molar-refractivity contribution in [3.63, 3.8) is 0 Å². The third-order valence-electron chi connectivity index (χ3n) is 2.64. The second-order valence-electron chi connectivity index (χ2n) is 4.74. The van der Waals surface area contributed by atoms with E-state index in [2.05, 4.69) is 0 Å². The summed E-state index contributed by atoms with van der Waals surface area (Å²) in [5, 5.41) is 29.0. The predicted molar refractivity (Wildman–Crippen MR) is 65.1 cm³/mol. The Balaban J connectivity index is 3.22. The van der Waals surface area contributed by atoms with Crippen LogP contribution < -0.4 is 0 Å². The van der Waals surface area contributed by atoms with E-state index in [0.29, 0.717) is 0 Å². The van der Waals surface area contributed by atoms with Gasteiger partial charge in [-0.15, -0.1) is 0 Å². The van der Waals surface area contributed by atoms with Gasteiger partial charge in [-0.2, -0.15) is 0 Å². The number of nitro benzene ring substituents is 1. The van der Waals surface area contributed by atoms with Gasteiger partial charge in [-0.25, -0.2) is 0 Å². The van der Waals surface area contributed by atoms with E-state index in [-0.39, 0.29) is 11.3 Å². The van der Waals surface area contributed by atoms with Crippen molar-refractivity contribution in [1.82, 2.24) is 0 Å². The first-order valence-electron chi connectivity index (χ1n) is 5.39. The van der Waals surface area contributed by atoms with Crippen LogP contribution in [0.2, 0.25) is 0 Å². The fraction of sp³-hybridized carbons (Fsp3) is 0.333. The molecule has 1 aromatic rings. The van der Waals surface area contributed by atoms with Gasteiger partial charge in [-0.1, -0.05) is 13.8 Å². The number of carbonyl (C=O) groups excluding carboxylic acids is 1. The average Bonchev–Trinajstić information content (AvgIpc) is 2.26. The van der Waals surface area contributed by atoms with E-state index < -0.39 is 34.3 Å². The summed E-state index contributed by atoms with van der Waals surface area (Å²) in [5.74, 6) is -2.23. The highest BCUT2D eigenvalue weighted by Gasteiger charge is 2.33. The summed E-state index contributed by atoms with van der Waals surface area (Å²) in [6, 6.07) is 3.06. The first-order valence-corrected chi connectivity index (χ1v) is 5.39. The summed E-state index contributed by atoms with van der Waals surface area (Å²) >= 11 is 0. The lowest BCUT2D eigenvalue weighted by Crippen LogP contribution is -2.27. The smallest absolute Gasteiger partial charge is 0.304 e. The standard InChI is InChI=1S/C12H13NO6/c1-12(2,6-10(15)16)11(17)8-5-7(13(18)19)3-4-9(8)14/h3-5,14H,6H2,1-2H3,(H,15,16). The number of benzene rings is 1. The summed E-state index contributed by atoms with van der Waals surface area (Å²) in [4.78, 5) is 32.8. The van der Waals surface area contributed by atoms with E-state index in [1.165, 1.54) is 13.8 Å². The number of rotatable bonds is 5. The lowest BCUT2D eigenvalue weighted by Gasteiger charge is -2.21. The van der Waals surface area contributed by atoms with E-state index >= 15 is 0 Å². The Morgan fingerprint density at radius 1 is 1.37 bits per heavy atom. The molecule has 0 aromatic heterocycles. The Bertz CT molecular complexity index is 549. The zero-order valence-corrected chi connectivity index (χ0v) is 10.4. The van der Waals surface area contributed by atoms with Gasteiger partial charge >= 0.3 is 5.97 Å². The quantitative estimate of drug-likeness (QED) is 0.478. The second kappa shape index (κ2) is 5.05. The van der Waals surface area contributed by atoms with Gasteiger partial charge in [0.25, 0.3) is 5.69 Å². The fourth-order valence-corrected chi connectivity index (χ4v) is 1.64. The lowest BCUT2D eigenvalue weighted by molar-refractivity contribution is -0.384. The van der Waals surface area contributed by atoms with Crippen LogP contribution in [0.3, 0.4) is 0 Å². The molecule has 0 bridgehead atoms. The summed E-state index contributed by atoms with van der Waals surface area (Å²) in [6.45, 7) is 2.81. The molecule has 1 rings (SSSR count). The molecule has 19 heavy (non-hydrogen) atoms. The molecule has 0 heterocycles. The molecule has 1 aromatic carbocycles. The number of aliphatic carboxylic acids is 1. The molecule has 0 spiro atoms. The molecule has 0 unspecified atom stereocenters. The van der Waals surface area contributed by atoms with E-state index in [1.54, 1.807) is 0 Å². The van der Waals surface area contributed by atoms with Crippen molar-refractivity contribution in [2.75, 3.05) is 0 Å². The number of nitrogens with zero attached hydrogens (tertiary/aromatic N) is 1. The monoisotopic (exact) mass is 267 g/mol. The zero-order valence-electron chi connectivity index (χ0n) is 10.4. The lowest BCUT2D eigenvalue weighted by atomic mass is 9.81. The highest BCUT2D eigenvalue weighted by Crippen LogP contribution is 2.32. The van der Waals surface area contributed by atoms with E-state index in [9.17, 15) is 24.8 Å². The van der Waals surface area contributed by atoms with Gasteiger partial charge in [0.1, 0.15) is 5.75 Å². The topological polar surface area (TPSA) is 118 Å². The molecule has 0 amide bonds. The van der Waals surface area contributed by atoms with Crippen molar-refractivity contribution in [1.29, 1.82) is 0 Å². The van der Waals surface area contributed by atoms with E-state index in [1.807, 2.05) is 0 Å². The average molecular weight is 267 g/mol. The predicted octanol–water partition coefficient (Wildman–Crippen LogP) is 1.98. The minimum absolute atomic E-state index is 0.250. The number of Topliss-reactive ketones (excluding diaryl/α,β-unsaturated/α-hetero) is 1. The molecule has 2 N–H and O–H groups in total. The van der Waals surface area contributed by atoms with Crippen molar-refractivity contribution in [2.24, 2.45) is 5.41 Å². The van der Waals surface area contributed by atoms with Gasteiger partial charge in [0.15, 0.2) is 5.78 Å². The van der Waals surface area contributed by atoms with Crippen LogP contribution in [-0.2, 0) is 4.79 Å². The Morgan fingerprint density at radius 3 is 2.42 bits per heavy atom. The van der Waals surface area contributed by atoms with Crippen LogP contribution in [0.15, 0.2) is 18.2 Å². The van der Waals surface area contributed by atoms with Gasteiger partial charge in [-0.05, 0) is 6.07 Å². The molecule has 7 nitrogen and oxygen atoms in total. The van der Waals surface area contributed by atoms with Gasteiger partial charge in [0.2, 0.25) is 0 Å². The Labute approximate surface area is 108 Å². The minimum Gasteiger partial charge on any atom is -0.507 e. The number of non-ortho nitro benzene ring substituents is 1. The Morgan fingerprint density at radius 2 is 1.95 bits per heavy atom. The number of carbonyl (C=O) groups is 2. The number of phenolic OH excluding ortho intramolecular Hbond substituents is 1. The normalized spacial score (nSPS) is 11.1. The third-order valence-corrected chi connectivity index (χ3v) is 2.64. The molecule has 0 saturated carbocycles. The maximum Gasteiger partial charge on any atom is 0.304 e. The highest BCUT2D eigenvalue weighted by atomic mass is 16.6. The van der Waals surface area contributed by atoms with E-state index in [0.717, 1.165) is 18.2 Å². The van der Waals surface area contributed by atoms with Crippen molar-refractivity contribution in [3.05, 3.63) is 33.9 Å². The highest BCUT2D eigenvalue weighted by molar-refractivity contribution is 6.04. The number of hydrogen-bond donors (Lipinski definition) is 2. The molecular weight excluding hydrogens is 254 g/mol. The first kappa shape index (κ1) is 14.6. The molecule has 0 aliphatic rings. The molecule has 0 atom stereocenters. The molecule has 0 saturated heterocycles. The zero-order chi connectivity index (χ0) is 14.8.